The van der Waals surface area contributed by atoms with Crippen LogP contribution < -0.4 is 10.1 Å². The number of aliphatic hydroxyl groups excluding tert-OH is 1. The van der Waals surface area contributed by atoms with Crippen LogP contribution in [0.4, 0.5) is 0 Å². The molecular weight excluding hydrogens is 342 g/mol. The number of aromatic nitrogens is 1. The quantitative estimate of drug-likeness (QED) is 0.845. The van der Waals surface area contributed by atoms with Gasteiger partial charge in [0.2, 0.25) is 5.88 Å². The Kier molecular flexibility index (Phi) is 6.08. The molecule has 6 heteroatoms. The highest BCUT2D eigenvalue weighted by Crippen LogP contribution is 2.29. The van der Waals surface area contributed by atoms with Crippen LogP contribution in [0.1, 0.15) is 24.2 Å². The number of pyridine rings is 1. The van der Waals surface area contributed by atoms with E-state index < -0.39 is 0 Å². The number of rotatable bonds is 5. The smallest absolute Gasteiger partial charge is 0.259 e. The van der Waals surface area contributed by atoms with Crippen LogP contribution in [-0.2, 0) is 0 Å². The monoisotopic (exact) mass is 369 g/mol. The molecule has 0 spiro atoms. The third-order valence-electron chi connectivity index (χ3n) is 5.03. The third-order valence-corrected chi connectivity index (χ3v) is 5.03. The molecule has 3 atom stereocenters. The minimum absolute atomic E-state index is 0.0862. The van der Waals surface area contributed by atoms with E-state index in [9.17, 15) is 9.90 Å². The number of amides is 1. The van der Waals surface area contributed by atoms with Gasteiger partial charge in [0.25, 0.3) is 5.91 Å². The maximum Gasteiger partial charge on any atom is 0.259 e. The van der Waals surface area contributed by atoms with Crippen molar-refractivity contribution in [1.82, 2.24) is 15.2 Å². The van der Waals surface area contributed by atoms with Gasteiger partial charge >= 0.3 is 0 Å². The zero-order valence-corrected chi connectivity index (χ0v) is 16.1. The van der Waals surface area contributed by atoms with Crippen LogP contribution in [-0.4, -0.2) is 59.8 Å². The molecule has 0 aliphatic carbocycles. The van der Waals surface area contributed by atoms with Crippen LogP contribution in [0, 0.1) is 5.92 Å². The van der Waals surface area contributed by atoms with Gasteiger partial charge in [-0.05, 0) is 25.6 Å². The summed E-state index contributed by atoms with van der Waals surface area (Å²) in [5.41, 5.74) is 2.29. The zero-order valence-electron chi connectivity index (χ0n) is 16.1. The molecule has 0 saturated heterocycles. The first-order valence-electron chi connectivity index (χ1n) is 9.33. The van der Waals surface area contributed by atoms with Gasteiger partial charge in [-0.3, -0.25) is 4.79 Å². The Morgan fingerprint density at radius 1 is 1.33 bits per heavy atom. The first kappa shape index (κ1) is 19.3. The fourth-order valence-corrected chi connectivity index (χ4v) is 3.34. The molecule has 0 unspecified atom stereocenters. The van der Waals surface area contributed by atoms with Crippen LogP contribution in [0.25, 0.3) is 11.1 Å². The van der Waals surface area contributed by atoms with E-state index in [1.807, 2.05) is 50.4 Å². The molecule has 27 heavy (non-hydrogen) atoms. The average Bonchev–Trinajstić information content (AvgIpc) is 2.70. The average molecular weight is 369 g/mol. The highest BCUT2D eigenvalue weighted by atomic mass is 16.5. The van der Waals surface area contributed by atoms with Crippen molar-refractivity contribution < 1.29 is 14.6 Å². The summed E-state index contributed by atoms with van der Waals surface area (Å²) in [5.74, 6) is 0.285. The van der Waals surface area contributed by atoms with Gasteiger partial charge in [0.1, 0.15) is 11.7 Å². The Labute approximate surface area is 160 Å². The van der Waals surface area contributed by atoms with E-state index in [2.05, 4.69) is 17.2 Å². The molecule has 2 heterocycles. The molecule has 0 saturated carbocycles. The SMILES string of the molecule is CNC[C@@H]1Oc2ncc(-c3ccccc3)cc2C(=O)N([C@H](C)CO)C[C@@H]1C. The second kappa shape index (κ2) is 8.50. The Bertz CT molecular complexity index is 781. The number of aliphatic hydroxyl groups is 1. The summed E-state index contributed by atoms with van der Waals surface area (Å²) >= 11 is 0. The van der Waals surface area contributed by atoms with Crippen LogP contribution in [0.3, 0.4) is 0 Å². The minimum atomic E-state index is -0.276. The molecule has 6 nitrogen and oxygen atoms in total. The number of fused-ring (bicyclic) bond motifs is 1. The number of hydrogen-bond acceptors (Lipinski definition) is 5. The predicted octanol–water partition coefficient (Wildman–Crippen LogP) is 2.19. The van der Waals surface area contributed by atoms with E-state index in [4.69, 9.17) is 4.74 Å². The second-order valence-electron chi connectivity index (χ2n) is 7.12. The lowest BCUT2D eigenvalue weighted by atomic mass is 9.99. The molecule has 1 aliphatic heterocycles. The molecule has 0 bridgehead atoms. The van der Waals surface area contributed by atoms with Crippen molar-refractivity contribution in [3.63, 3.8) is 0 Å². The molecule has 1 amide bonds. The maximum atomic E-state index is 13.3. The van der Waals surface area contributed by atoms with Crippen LogP contribution in [0.15, 0.2) is 42.6 Å². The van der Waals surface area contributed by atoms with Gasteiger partial charge in [-0.2, -0.15) is 0 Å². The lowest BCUT2D eigenvalue weighted by molar-refractivity contribution is 0.0404. The number of ether oxygens (including phenoxy) is 1. The molecule has 0 fully saturated rings. The van der Waals surface area contributed by atoms with E-state index >= 15 is 0 Å². The number of nitrogens with one attached hydrogen (secondary N) is 1. The van der Waals surface area contributed by atoms with E-state index in [0.29, 0.717) is 24.5 Å². The summed E-state index contributed by atoms with van der Waals surface area (Å²) in [4.78, 5) is 19.5. The van der Waals surface area contributed by atoms with E-state index in [-0.39, 0.29) is 30.6 Å². The van der Waals surface area contributed by atoms with Crippen molar-refractivity contribution in [2.24, 2.45) is 5.92 Å². The highest BCUT2D eigenvalue weighted by Gasteiger charge is 2.33. The van der Waals surface area contributed by atoms with Crippen LogP contribution in [0.5, 0.6) is 5.88 Å². The van der Waals surface area contributed by atoms with Crippen LogP contribution in [0.2, 0.25) is 0 Å². The van der Waals surface area contributed by atoms with Gasteiger partial charge in [-0.15, -0.1) is 0 Å². The Morgan fingerprint density at radius 2 is 2.07 bits per heavy atom. The van der Waals surface area contributed by atoms with Crippen molar-refractivity contribution in [3.05, 3.63) is 48.2 Å². The number of carbonyl (C=O) groups is 1. The van der Waals surface area contributed by atoms with Crippen molar-refractivity contribution >= 4 is 5.91 Å². The Hall–Kier alpha value is -2.44. The first-order valence-corrected chi connectivity index (χ1v) is 9.33. The molecule has 3 rings (SSSR count). The first-order chi connectivity index (χ1) is 13.0. The fourth-order valence-electron chi connectivity index (χ4n) is 3.34. The lowest BCUT2D eigenvalue weighted by Gasteiger charge is -2.36. The topological polar surface area (TPSA) is 74.7 Å². The molecule has 2 aromatic rings. The van der Waals surface area contributed by atoms with Crippen molar-refractivity contribution in [2.45, 2.75) is 26.0 Å². The summed E-state index contributed by atoms with van der Waals surface area (Å²) in [5, 5.41) is 12.8. The molecule has 1 aromatic heterocycles. The summed E-state index contributed by atoms with van der Waals surface area (Å²) in [6, 6.07) is 11.4. The number of benzene rings is 1. The van der Waals surface area contributed by atoms with Crippen molar-refractivity contribution in [3.8, 4) is 17.0 Å². The number of carbonyl (C=O) groups excluding carboxylic acids is 1. The minimum Gasteiger partial charge on any atom is -0.472 e. The third kappa shape index (κ3) is 4.12. The maximum absolute atomic E-state index is 13.3. The molecule has 1 aromatic carbocycles. The fraction of sp³-hybridized carbons (Fsp3) is 0.429. The summed E-state index contributed by atoms with van der Waals surface area (Å²) in [7, 11) is 1.88. The summed E-state index contributed by atoms with van der Waals surface area (Å²) in [6.45, 7) is 4.99. The predicted molar refractivity (Wildman–Crippen MR) is 105 cm³/mol. The lowest BCUT2D eigenvalue weighted by Crippen LogP contribution is -2.49. The van der Waals surface area contributed by atoms with Crippen molar-refractivity contribution in [2.75, 3.05) is 26.7 Å². The Balaban J connectivity index is 2.07. The van der Waals surface area contributed by atoms with Gasteiger partial charge in [0.05, 0.1) is 12.6 Å². The van der Waals surface area contributed by atoms with E-state index in [0.717, 1.165) is 11.1 Å². The molecule has 1 aliphatic rings. The second-order valence-corrected chi connectivity index (χ2v) is 7.12. The summed E-state index contributed by atoms with van der Waals surface area (Å²) in [6.07, 6.45) is 1.62. The van der Waals surface area contributed by atoms with Gasteiger partial charge in [-0.1, -0.05) is 37.3 Å². The molecular formula is C21H27N3O3. The van der Waals surface area contributed by atoms with Gasteiger partial charge in [0, 0.05) is 30.8 Å². The molecule has 144 valence electrons. The zero-order chi connectivity index (χ0) is 19.4. The molecule has 0 radical (unpaired) electrons. The van der Waals surface area contributed by atoms with Gasteiger partial charge in [0.15, 0.2) is 0 Å². The number of likely N-dealkylation sites (N-methyl/N-ethyl adjacent to an activating group) is 1. The summed E-state index contributed by atoms with van der Waals surface area (Å²) < 4.78 is 6.13. The molecule has 2 N–H and O–H groups in total. The number of nitrogens with zero attached hydrogens (tertiary/aromatic N) is 2. The van der Waals surface area contributed by atoms with E-state index in [1.165, 1.54) is 0 Å². The normalized spacial score (nSPS) is 21.0. The van der Waals surface area contributed by atoms with Gasteiger partial charge in [-0.25, -0.2) is 4.98 Å². The highest BCUT2D eigenvalue weighted by molar-refractivity contribution is 5.98. The van der Waals surface area contributed by atoms with Crippen LogP contribution >= 0.6 is 0 Å². The van der Waals surface area contributed by atoms with Gasteiger partial charge < -0.3 is 20.1 Å². The Morgan fingerprint density at radius 3 is 2.74 bits per heavy atom. The standard InChI is InChI=1S/C21H27N3O3/c1-14-12-24(15(2)13-25)21(26)18-9-17(16-7-5-4-6-8-16)10-23-20(18)27-19(14)11-22-3/h4-10,14-15,19,22,25H,11-13H2,1-3H3/t14-,15+,19-/m0/s1. The number of hydrogen-bond donors (Lipinski definition) is 2. The largest absolute Gasteiger partial charge is 0.472 e. The van der Waals surface area contributed by atoms with E-state index in [1.54, 1.807) is 11.1 Å². The van der Waals surface area contributed by atoms with Crippen molar-refractivity contribution in [1.29, 1.82) is 0 Å².